The first-order chi connectivity index (χ1) is 24.5. The van der Waals surface area contributed by atoms with Gasteiger partial charge in [-0.25, -0.2) is 4.79 Å². The number of nitrogens with one attached hydrogen (secondary N) is 2. The summed E-state index contributed by atoms with van der Waals surface area (Å²) in [6.45, 7) is 3.52. The fourth-order valence-electron chi connectivity index (χ4n) is 9.09. The molecule has 3 heterocycles. The first-order valence-corrected chi connectivity index (χ1v) is 18.8. The number of anilines is 1. The molecule has 8 rings (SSSR count). The Kier molecular flexibility index (Phi) is 8.45. The van der Waals surface area contributed by atoms with Crippen molar-refractivity contribution in [2.45, 2.75) is 48.9 Å². The molecule has 2 aliphatic carbocycles. The van der Waals surface area contributed by atoms with Gasteiger partial charge in [0.05, 0.1) is 24.0 Å². The number of hydrogen-bond donors (Lipinski definition) is 3. The molecule has 8 atom stereocenters. The molecule has 11 nitrogen and oxygen atoms in total. The van der Waals surface area contributed by atoms with Gasteiger partial charge in [-0.3, -0.25) is 24.1 Å². The number of thioether (sulfide) groups is 1. The summed E-state index contributed by atoms with van der Waals surface area (Å²) < 4.78 is 11.7. The summed E-state index contributed by atoms with van der Waals surface area (Å²) in [6.07, 6.45) is 0.884. The van der Waals surface area contributed by atoms with Crippen LogP contribution in [0, 0.1) is 35.5 Å². The Morgan fingerprint density at radius 3 is 2.45 bits per heavy atom. The zero-order valence-electron chi connectivity index (χ0n) is 28.2. The van der Waals surface area contributed by atoms with E-state index in [4.69, 9.17) is 9.47 Å². The van der Waals surface area contributed by atoms with E-state index in [2.05, 4.69) is 10.3 Å². The van der Waals surface area contributed by atoms with Gasteiger partial charge in [-0.1, -0.05) is 61.6 Å². The number of methoxy groups -OCH3 is 1. The smallest absolute Gasteiger partial charge is 0.326 e. The van der Waals surface area contributed by atoms with E-state index in [0.29, 0.717) is 23.6 Å². The third-order valence-electron chi connectivity index (χ3n) is 11.0. The Hall–Kier alpha value is -4.62. The van der Waals surface area contributed by atoms with Crippen molar-refractivity contribution in [2.24, 2.45) is 35.5 Å². The van der Waals surface area contributed by atoms with Gasteiger partial charge >= 0.3 is 10.8 Å². The number of likely N-dealkylation sites (tertiary alicyclic amines) is 1. The van der Waals surface area contributed by atoms with Crippen molar-refractivity contribution in [3.05, 3.63) is 80.8 Å². The van der Waals surface area contributed by atoms with E-state index in [1.54, 1.807) is 17.8 Å². The minimum atomic E-state index is -1.19. The number of hydrogen-bond acceptors (Lipinski definition) is 9. The van der Waals surface area contributed by atoms with Crippen molar-refractivity contribution < 1.29 is 33.8 Å². The van der Waals surface area contributed by atoms with Crippen LogP contribution in [-0.4, -0.2) is 63.7 Å². The molecule has 2 bridgehead atoms. The highest BCUT2D eigenvalue weighted by Crippen LogP contribution is 2.68. The number of carbonyl (C=O) groups is 4. The molecule has 1 aromatic heterocycles. The van der Waals surface area contributed by atoms with Gasteiger partial charge in [0, 0.05) is 21.7 Å². The number of amides is 3. The molecule has 4 aliphatic rings. The van der Waals surface area contributed by atoms with E-state index in [1.807, 2.05) is 68.4 Å². The molecule has 264 valence electrons. The van der Waals surface area contributed by atoms with Crippen LogP contribution in [0.25, 0.3) is 10.8 Å². The molecule has 3 N–H and O–H groups in total. The van der Waals surface area contributed by atoms with Crippen LogP contribution in [0.4, 0.5) is 5.69 Å². The van der Waals surface area contributed by atoms with Gasteiger partial charge in [0.1, 0.15) is 6.04 Å². The summed E-state index contributed by atoms with van der Waals surface area (Å²) in [6, 6.07) is 17.9. The summed E-state index contributed by atoms with van der Waals surface area (Å²) in [4.78, 5) is 70.6. The highest BCUT2D eigenvalue weighted by molar-refractivity contribution is 8.00. The maximum absolute atomic E-state index is 14.0. The van der Waals surface area contributed by atoms with Crippen LogP contribution >= 0.6 is 23.1 Å². The molecule has 4 aromatic rings. The number of aromatic amines is 1. The number of carboxylic acids is 1. The van der Waals surface area contributed by atoms with Crippen LogP contribution in [0.3, 0.4) is 0 Å². The Labute approximate surface area is 301 Å². The van der Waals surface area contributed by atoms with E-state index in [0.717, 1.165) is 42.5 Å². The molecule has 0 radical (unpaired) electrons. The molecule has 51 heavy (non-hydrogen) atoms. The highest BCUT2D eigenvalue weighted by Gasteiger charge is 2.70. The fraction of sp³-hybridized carbons (Fsp3) is 0.395. The number of benzene rings is 3. The van der Waals surface area contributed by atoms with Crippen molar-refractivity contribution in [1.82, 2.24) is 9.88 Å². The number of imide groups is 1. The number of aliphatic carboxylic acids is 1. The van der Waals surface area contributed by atoms with E-state index in [1.165, 1.54) is 7.11 Å². The second-order valence-corrected chi connectivity index (χ2v) is 16.5. The zero-order chi connectivity index (χ0) is 35.7. The molecular formula is C38H37N3O8S2. The van der Waals surface area contributed by atoms with Crippen molar-refractivity contribution in [3.8, 4) is 11.5 Å². The Bertz CT molecular complexity index is 2140. The average molecular weight is 728 g/mol. The van der Waals surface area contributed by atoms with Gasteiger partial charge in [-0.2, -0.15) is 0 Å². The number of carbonyl (C=O) groups excluding carboxylic acids is 3. The lowest BCUT2D eigenvalue weighted by Crippen LogP contribution is -2.47. The SMILES string of the molecule is COc1cc([C@H]2c3sc(=O)[nH]c3SC3C4CC(C5C(=O)N(C(CC(C)C)C(=O)O)C(=O)C45)C32)ccc1OCC(=O)Nc1ccc2ccccc2c1. The quantitative estimate of drug-likeness (QED) is 0.178. The number of carboxylic acid groups (broad SMARTS) is 1. The van der Waals surface area contributed by atoms with Crippen molar-refractivity contribution in [2.75, 3.05) is 19.0 Å². The topological polar surface area (TPSA) is 155 Å². The van der Waals surface area contributed by atoms with Gasteiger partial charge < -0.3 is 24.9 Å². The lowest BCUT2D eigenvalue weighted by Gasteiger charge is -2.43. The van der Waals surface area contributed by atoms with E-state index in [9.17, 15) is 29.1 Å². The minimum Gasteiger partial charge on any atom is -0.493 e. The number of aromatic nitrogens is 1. The number of H-pyrrole nitrogens is 1. The predicted molar refractivity (Wildman–Crippen MR) is 192 cm³/mol. The largest absolute Gasteiger partial charge is 0.493 e. The van der Waals surface area contributed by atoms with Crippen LogP contribution in [0.5, 0.6) is 11.5 Å². The van der Waals surface area contributed by atoms with Crippen LogP contribution in [0.15, 0.2) is 70.5 Å². The zero-order valence-corrected chi connectivity index (χ0v) is 29.8. The molecule has 3 fully saturated rings. The lowest BCUT2D eigenvalue weighted by molar-refractivity contribution is -0.156. The van der Waals surface area contributed by atoms with Gasteiger partial charge in [-0.15, -0.1) is 11.8 Å². The van der Waals surface area contributed by atoms with Gasteiger partial charge in [0.25, 0.3) is 5.91 Å². The molecule has 3 amide bonds. The number of ether oxygens (including phenoxy) is 2. The molecule has 13 heteroatoms. The third kappa shape index (κ3) is 5.61. The molecular weight excluding hydrogens is 691 g/mol. The van der Waals surface area contributed by atoms with E-state index < -0.39 is 23.8 Å². The molecule has 1 saturated heterocycles. The molecule has 7 unspecified atom stereocenters. The van der Waals surface area contributed by atoms with E-state index >= 15 is 0 Å². The monoisotopic (exact) mass is 727 g/mol. The second-order valence-electron chi connectivity index (χ2n) is 14.3. The second kappa shape index (κ2) is 12.9. The van der Waals surface area contributed by atoms with Crippen molar-refractivity contribution in [3.63, 3.8) is 0 Å². The van der Waals surface area contributed by atoms with Crippen LogP contribution in [0.2, 0.25) is 0 Å². The van der Waals surface area contributed by atoms with Crippen molar-refractivity contribution in [1.29, 1.82) is 0 Å². The number of fused-ring (bicyclic) bond motifs is 10. The highest BCUT2D eigenvalue weighted by atomic mass is 32.2. The molecule has 3 aromatic carbocycles. The maximum atomic E-state index is 14.0. The molecule has 2 saturated carbocycles. The van der Waals surface area contributed by atoms with Crippen molar-refractivity contribution >= 4 is 63.2 Å². The average Bonchev–Trinajstić information content (AvgIpc) is 3.84. The predicted octanol–water partition coefficient (Wildman–Crippen LogP) is 5.59. The Morgan fingerprint density at radius 2 is 1.73 bits per heavy atom. The van der Waals surface area contributed by atoms with Crippen LogP contribution in [-0.2, 0) is 19.2 Å². The maximum Gasteiger partial charge on any atom is 0.326 e. The van der Waals surface area contributed by atoms with Crippen LogP contribution in [0.1, 0.15) is 43.0 Å². The van der Waals surface area contributed by atoms with Crippen LogP contribution < -0.4 is 19.7 Å². The summed E-state index contributed by atoms with van der Waals surface area (Å²) in [7, 11) is 1.52. The van der Waals surface area contributed by atoms with E-state index in [-0.39, 0.29) is 70.5 Å². The standard InChI is InChI=1S/C38H37N3O8S2/c1-17(2)12-24(37(45)46)41-35(43)30-22-15-23(31(30)36(41)44)32-29(22)28(33-34(50-32)40-38(47)51-33)20-9-11-25(26(14-20)48-3)49-16-27(42)39-21-10-8-18-6-4-5-7-19(18)13-21/h4-11,13-14,17,22-24,28-32H,12,15-16H2,1-3H3,(H,39,42)(H,40,47)(H,45,46)/t22?,23?,24?,28-,29?,30?,31?,32?/m1/s1. The van der Waals surface area contributed by atoms with Gasteiger partial charge in [0.15, 0.2) is 18.1 Å². The lowest BCUT2D eigenvalue weighted by atomic mass is 9.68. The fourth-order valence-corrected chi connectivity index (χ4v) is 12.0. The van der Waals surface area contributed by atoms with Gasteiger partial charge in [0.2, 0.25) is 11.8 Å². The number of thiazole rings is 1. The number of rotatable bonds is 10. The summed E-state index contributed by atoms with van der Waals surface area (Å²) >= 11 is 2.72. The summed E-state index contributed by atoms with van der Waals surface area (Å²) in [5, 5.41) is 15.7. The Morgan fingerprint density at radius 1 is 0.980 bits per heavy atom. The first kappa shape index (κ1) is 33.5. The number of nitrogens with zero attached hydrogens (tertiary/aromatic N) is 1. The molecule has 2 aliphatic heterocycles. The normalized spacial score (nSPS) is 26.6. The minimum absolute atomic E-state index is 0.0138. The van der Waals surface area contributed by atoms with Gasteiger partial charge in [-0.05, 0) is 77.1 Å². The first-order valence-electron chi connectivity index (χ1n) is 17.1. The summed E-state index contributed by atoms with van der Waals surface area (Å²) in [5.74, 6) is -3.27. The summed E-state index contributed by atoms with van der Waals surface area (Å²) in [5.41, 5.74) is 1.53. The third-order valence-corrected chi connectivity index (χ3v) is 13.6. The molecule has 0 spiro atoms. The Balaban J connectivity index is 1.06.